The van der Waals surface area contributed by atoms with Crippen molar-refractivity contribution < 1.29 is 4.79 Å². The van der Waals surface area contributed by atoms with E-state index < -0.39 is 0 Å². The van der Waals surface area contributed by atoms with Gasteiger partial charge in [-0.25, -0.2) is 0 Å². The minimum Gasteiger partial charge on any atom is -0.308 e. The van der Waals surface area contributed by atoms with Crippen LogP contribution in [0.1, 0.15) is 23.5 Å². The Morgan fingerprint density at radius 2 is 1.61 bits per heavy atom. The minimum atomic E-state index is 0.0549. The number of amides is 1. The van der Waals surface area contributed by atoms with Gasteiger partial charge in [0.2, 0.25) is 5.91 Å². The Labute approximate surface area is 164 Å². The third kappa shape index (κ3) is 2.61. The van der Waals surface area contributed by atoms with Gasteiger partial charge in [0.05, 0.1) is 0 Å². The van der Waals surface area contributed by atoms with E-state index in [0.29, 0.717) is 13.0 Å². The molecule has 0 aromatic heterocycles. The predicted octanol–water partition coefficient (Wildman–Crippen LogP) is 6.05. The van der Waals surface area contributed by atoms with E-state index in [1.54, 1.807) is 6.08 Å². The number of carbonyl (C=O) groups excluding carboxylic acids is 1. The largest absolute Gasteiger partial charge is 0.308 e. The average molecular weight is 363 g/mol. The number of nitrogens with zero attached hydrogens (tertiary/aromatic N) is 1. The van der Waals surface area contributed by atoms with E-state index >= 15 is 0 Å². The van der Waals surface area contributed by atoms with Crippen LogP contribution in [0.15, 0.2) is 91.5 Å². The van der Waals surface area contributed by atoms with Gasteiger partial charge in [-0.15, -0.1) is 6.58 Å². The molecule has 28 heavy (non-hydrogen) atoms. The molecule has 1 unspecified atom stereocenters. The molecule has 0 saturated heterocycles. The highest BCUT2D eigenvalue weighted by Crippen LogP contribution is 2.44. The first-order chi connectivity index (χ1) is 13.8. The molecule has 0 spiro atoms. The van der Waals surface area contributed by atoms with E-state index in [9.17, 15) is 4.79 Å². The molecule has 2 nitrogen and oxygen atoms in total. The normalized spacial score (nSPS) is 16.4. The van der Waals surface area contributed by atoms with Gasteiger partial charge in [0.15, 0.2) is 0 Å². The van der Waals surface area contributed by atoms with Crippen LogP contribution < -0.4 is 4.90 Å². The summed E-state index contributed by atoms with van der Waals surface area (Å²) in [5.74, 6) is 0.208. The first-order valence-corrected chi connectivity index (χ1v) is 9.68. The highest BCUT2D eigenvalue weighted by Gasteiger charge is 2.33. The molecule has 0 radical (unpaired) electrons. The van der Waals surface area contributed by atoms with Crippen LogP contribution >= 0.6 is 0 Å². The third-order valence-electron chi connectivity index (χ3n) is 5.75. The fourth-order valence-corrected chi connectivity index (χ4v) is 4.45. The van der Waals surface area contributed by atoms with Crippen molar-refractivity contribution in [3.8, 4) is 0 Å². The summed E-state index contributed by atoms with van der Waals surface area (Å²) in [6, 6.07) is 27.6. The van der Waals surface area contributed by atoms with Crippen LogP contribution in [0.2, 0.25) is 0 Å². The van der Waals surface area contributed by atoms with Gasteiger partial charge in [-0.1, -0.05) is 78.9 Å². The molecule has 4 aromatic rings. The van der Waals surface area contributed by atoms with E-state index in [4.69, 9.17) is 0 Å². The van der Waals surface area contributed by atoms with Gasteiger partial charge in [-0.2, -0.15) is 0 Å². The molecule has 136 valence electrons. The van der Waals surface area contributed by atoms with Crippen molar-refractivity contribution in [2.75, 3.05) is 11.4 Å². The third-order valence-corrected chi connectivity index (χ3v) is 5.75. The molecule has 1 aliphatic heterocycles. The van der Waals surface area contributed by atoms with Crippen LogP contribution in [0.4, 0.5) is 5.69 Å². The Morgan fingerprint density at radius 1 is 0.893 bits per heavy atom. The minimum absolute atomic E-state index is 0.0549. The second-order valence-corrected chi connectivity index (χ2v) is 7.38. The fraction of sp³-hybridized carbons (Fsp3) is 0.115. The maximum absolute atomic E-state index is 13.0. The van der Waals surface area contributed by atoms with E-state index in [1.165, 1.54) is 32.7 Å². The van der Waals surface area contributed by atoms with Crippen molar-refractivity contribution in [1.29, 1.82) is 0 Å². The summed E-state index contributed by atoms with van der Waals surface area (Å²) in [4.78, 5) is 14.9. The summed E-state index contributed by atoms with van der Waals surface area (Å²) >= 11 is 0. The molecule has 0 bridgehead atoms. The number of benzene rings is 4. The van der Waals surface area contributed by atoms with Crippen LogP contribution in [0.25, 0.3) is 21.5 Å². The molecule has 0 aliphatic carbocycles. The van der Waals surface area contributed by atoms with Gasteiger partial charge in [0.25, 0.3) is 0 Å². The molecular formula is C26H21NO. The van der Waals surface area contributed by atoms with Gasteiger partial charge in [-0.05, 0) is 38.7 Å². The Balaban J connectivity index is 1.76. The Kier molecular flexibility index (Phi) is 3.98. The number of hydrogen-bond acceptors (Lipinski definition) is 1. The maximum atomic E-state index is 13.0. The summed E-state index contributed by atoms with van der Waals surface area (Å²) in [7, 11) is 0. The molecule has 2 heteroatoms. The van der Waals surface area contributed by atoms with Gasteiger partial charge in [-0.3, -0.25) is 4.79 Å². The Morgan fingerprint density at radius 3 is 2.43 bits per heavy atom. The second-order valence-electron chi connectivity index (χ2n) is 7.38. The summed E-state index contributed by atoms with van der Waals surface area (Å²) < 4.78 is 0. The zero-order chi connectivity index (χ0) is 19.1. The number of anilines is 1. The SMILES string of the molecule is C=CCN1C(=O)CC(c2ccc3ccccc3c2)c2c1ccc1ccccc21. The highest BCUT2D eigenvalue weighted by atomic mass is 16.2. The number of rotatable bonds is 3. The maximum Gasteiger partial charge on any atom is 0.228 e. The van der Waals surface area contributed by atoms with E-state index in [2.05, 4.69) is 85.4 Å². The predicted molar refractivity (Wildman–Crippen MR) is 117 cm³/mol. The Bertz CT molecular complexity index is 1220. The van der Waals surface area contributed by atoms with E-state index in [-0.39, 0.29) is 11.8 Å². The lowest BCUT2D eigenvalue weighted by molar-refractivity contribution is -0.119. The van der Waals surface area contributed by atoms with Gasteiger partial charge < -0.3 is 4.90 Å². The van der Waals surface area contributed by atoms with Crippen molar-refractivity contribution in [3.05, 3.63) is 103 Å². The summed E-state index contributed by atoms with van der Waals surface area (Å²) in [5, 5.41) is 4.86. The van der Waals surface area contributed by atoms with Crippen LogP contribution in [-0.4, -0.2) is 12.5 Å². The van der Waals surface area contributed by atoms with Gasteiger partial charge in [0.1, 0.15) is 0 Å². The lowest BCUT2D eigenvalue weighted by atomic mass is 9.80. The quantitative estimate of drug-likeness (QED) is 0.406. The molecule has 4 aromatic carbocycles. The smallest absolute Gasteiger partial charge is 0.228 e. The van der Waals surface area contributed by atoms with Crippen LogP contribution in [0, 0.1) is 0 Å². The van der Waals surface area contributed by atoms with Crippen molar-refractivity contribution >= 4 is 33.1 Å². The first-order valence-electron chi connectivity index (χ1n) is 9.68. The zero-order valence-corrected chi connectivity index (χ0v) is 15.6. The van der Waals surface area contributed by atoms with Crippen molar-refractivity contribution in [3.63, 3.8) is 0 Å². The topological polar surface area (TPSA) is 20.3 Å². The molecule has 1 heterocycles. The second kappa shape index (κ2) is 6.65. The van der Waals surface area contributed by atoms with Gasteiger partial charge >= 0.3 is 0 Å². The van der Waals surface area contributed by atoms with Crippen molar-refractivity contribution in [1.82, 2.24) is 0 Å². The summed E-state index contributed by atoms with van der Waals surface area (Å²) in [5.41, 5.74) is 3.45. The van der Waals surface area contributed by atoms with Crippen molar-refractivity contribution in [2.24, 2.45) is 0 Å². The lowest BCUT2D eigenvalue weighted by Gasteiger charge is -2.35. The molecule has 1 atom stereocenters. The van der Waals surface area contributed by atoms with E-state index in [0.717, 1.165) is 5.69 Å². The highest BCUT2D eigenvalue weighted by molar-refractivity contribution is 6.03. The van der Waals surface area contributed by atoms with Crippen molar-refractivity contribution in [2.45, 2.75) is 12.3 Å². The number of hydrogen-bond donors (Lipinski definition) is 0. The van der Waals surface area contributed by atoms with E-state index in [1.807, 2.05) is 4.90 Å². The Hall–Kier alpha value is -3.39. The van der Waals surface area contributed by atoms with Gasteiger partial charge in [0, 0.05) is 24.6 Å². The van der Waals surface area contributed by atoms with Crippen LogP contribution in [0.5, 0.6) is 0 Å². The van der Waals surface area contributed by atoms with Crippen LogP contribution in [0.3, 0.4) is 0 Å². The molecular weight excluding hydrogens is 342 g/mol. The molecule has 5 rings (SSSR count). The summed E-state index contributed by atoms with van der Waals surface area (Å²) in [6.45, 7) is 4.38. The molecule has 1 amide bonds. The number of fused-ring (bicyclic) bond motifs is 4. The first kappa shape index (κ1) is 16.8. The number of carbonyl (C=O) groups is 1. The fourth-order valence-electron chi connectivity index (χ4n) is 4.45. The lowest BCUT2D eigenvalue weighted by Crippen LogP contribution is -2.37. The molecule has 0 fully saturated rings. The van der Waals surface area contributed by atoms with Crippen LogP contribution in [-0.2, 0) is 4.79 Å². The average Bonchev–Trinajstić information content (AvgIpc) is 2.74. The standard InChI is InChI=1S/C26H21NO/c1-2-15-27-24-14-13-19-8-5-6-10-22(19)26(24)23(17-25(27)28)21-12-11-18-7-3-4-9-20(18)16-21/h2-14,16,23H,1,15,17H2. The molecule has 0 N–H and O–H groups in total. The molecule has 1 aliphatic rings. The summed E-state index contributed by atoms with van der Waals surface area (Å²) in [6.07, 6.45) is 2.28. The monoisotopic (exact) mass is 363 g/mol. The zero-order valence-electron chi connectivity index (χ0n) is 15.6. The molecule has 0 saturated carbocycles.